The summed E-state index contributed by atoms with van der Waals surface area (Å²) in [5.74, 6) is 0. The Morgan fingerprint density at radius 1 is 1.25 bits per heavy atom. The minimum Gasteiger partial charge on any atom is -0.383 e. The Balaban J connectivity index is 1.88. The van der Waals surface area contributed by atoms with Gasteiger partial charge < -0.3 is 15.8 Å². The van der Waals surface area contributed by atoms with E-state index in [0.717, 1.165) is 38.3 Å². The lowest BCUT2D eigenvalue weighted by Crippen LogP contribution is -2.50. The molecule has 3 N–H and O–H groups in total. The number of anilines is 1. The molecule has 1 saturated heterocycles. The Labute approximate surface area is 97.0 Å². The van der Waals surface area contributed by atoms with E-state index in [0.29, 0.717) is 0 Å². The van der Waals surface area contributed by atoms with Gasteiger partial charge in [-0.1, -0.05) is 17.7 Å². The molecule has 1 aromatic rings. The van der Waals surface area contributed by atoms with Gasteiger partial charge in [-0.2, -0.15) is 0 Å². The molecule has 3 heteroatoms. The van der Waals surface area contributed by atoms with E-state index in [4.69, 9.17) is 10.5 Å². The van der Waals surface area contributed by atoms with Gasteiger partial charge in [0.15, 0.2) is 0 Å². The summed E-state index contributed by atoms with van der Waals surface area (Å²) >= 11 is 0. The lowest BCUT2D eigenvalue weighted by atomic mass is 9.91. The third kappa shape index (κ3) is 2.97. The maximum atomic E-state index is 6.29. The summed E-state index contributed by atoms with van der Waals surface area (Å²) in [4.78, 5) is 0. The van der Waals surface area contributed by atoms with Crippen LogP contribution in [-0.2, 0) is 4.74 Å². The average molecular weight is 220 g/mol. The number of benzene rings is 1. The van der Waals surface area contributed by atoms with Gasteiger partial charge in [0.05, 0.1) is 0 Å². The van der Waals surface area contributed by atoms with Gasteiger partial charge in [-0.25, -0.2) is 0 Å². The fourth-order valence-electron chi connectivity index (χ4n) is 1.90. The molecule has 2 rings (SSSR count). The molecule has 0 spiro atoms. The molecule has 0 aliphatic carbocycles. The summed E-state index contributed by atoms with van der Waals surface area (Å²) in [6.45, 7) is 4.48. The van der Waals surface area contributed by atoms with Crippen LogP contribution < -0.4 is 11.1 Å². The van der Waals surface area contributed by atoms with Crippen molar-refractivity contribution in [3.05, 3.63) is 29.8 Å². The van der Waals surface area contributed by atoms with Crippen LogP contribution in [0.15, 0.2) is 24.3 Å². The van der Waals surface area contributed by atoms with Crippen LogP contribution in [0.2, 0.25) is 0 Å². The lowest BCUT2D eigenvalue weighted by molar-refractivity contribution is 0.0575. The molecule has 16 heavy (non-hydrogen) atoms. The fourth-order valence-corrected chi connectivity index (χ4v) is 1.90. The van der Waals surface area contributed by atoms with Crippen LogP contribution in [-0.4, -0.2) is 25.3 Å². The number of hydrogen-bond donors (Lipinski definition) is 2. The molecule has 1 aliphatic heterocycles. The molecule has 0 aromatic heterocycles. The Bertz CT molecular complexity index is 328. The number of nitrogens with two attached hydrogens (primary N) is 1. The Kier molecular flexibility index (Phi) is 3.46. The highest BCUT2D eigenvalue weighted by molar-refractivity contribution is 5.44. The molecular weight excluding hydrogens is 200 g/mol. The molecule has 3 nitrogen and oxygen atoms in total. The van der Waals surface area contributed by atoms with E-state index in [9.17, 15) is 0 Å². The Morgan fingerprint density at radius 2 is 1.88 bits per heavy atom. The van der Waals surface area contributed by atoms with Crippen molar-refractivity contribution in [2.45, 2.75) is 25.3 Å². The summed E-state index contributed by atoms with van der Waals surface area (Å²) in [6, 6.07) is 8.40. The predicted molar refractivity (Wildman–Crippen MR) is 66.6 cm³/mol. The first-order valence-electron chi connectivity index (χ1n) is 5.85. The fraction of sp³-hybridized carbons (Fsp3) is 0.538. The van der Waals surface area contributed by atoms with E-state index in [-0.39, 0.29) is 5.54 Å². The molecule has 0 radical (unpaired) electrons. The van der Waals surface area contributed by atoms with Gasteiger partial charge in [0.2, 0.25) is 0 Å². The van der Waals surface area contributed by atoms with Crippen molar-refractivity contribution in [2.24, 2.45) is 5.73 Å². The second-order valence-corrected chi connectivity index (χ2v) is 4.69. The average Bonchev–Trinajstić information content (AvgIpc) is 2.29. The standard InChI is InChI=1S/C13H20N2O/c1-11-2-4-12(5-3-11)15-10-13(14)6-8-16-9-7-13/h2-5,15H,6-10,14H2,1H3. The van der Waals surface area contributed by atoms with E-state index in [1.807, 2.05) is 0 Å². The third-order valence-corrected chi connectivity index (χ3v) is 3.18. The predicted octanol–water partition coefficient (Wildman–Crippen LogP) is 1.91. The zero-order chi connectivity index (χ0) is 11.4. The van der Waals surface area contributed by atoms with Gasteiger partial charge in [-0.15, -0.1) is 0 Å². The summed E-state index contributed by atoms with van der Waals surface area (Å²) in [5.41, 5.74) is 8.60. The van der Waals surface area contributed by atoms with Crippen molar-refractivity contribution in [1.29, 1.82) is 0 Å². The molecule has 88 valence electrons. The van der Waals surface area contributed by atoms with E-state index >= 15 is 0 Å². The number of rotatable bonds is 3. The molecule has 0 atom stereocenters. The smallest absolute Gasteiger partial charge is 0.0484 e. The van der Waals surface area contributed by atoms with Crippen molar-refractivity contribution < 1.29 is 4.74 Å². The van der Waals surface area contributed by atoms with Crippen LogP contribution in [0.1, 0.15) is 18.4 Å². The molecule has 0 amide bonds. The maximum Gasteiger partial charge on any atom is 0.0484 e. The lowest BCUT2D eigenvalue weighted by Gasteiger charge is -2.33. The quantitative estimate of drug-likeness (QED) is 0.818. The molecule has 0 saturated carbocycles. The first-order chi connectivity index (χ1) is 7.68. The highest BCUT2D eigenvalue weighted by Crippen LogP contribution is 2.18. The van der Waals surface area contributed by atoms with E-state index in [1.54, 1.807) is 0 Å². The second kappa shape index (κ2) is 4.85. The Morgan fingerprint density at radius 3 is 2.50 bits per heavy atom. The number of hydrogen-bond acceptors (Lipinski definition) is 3. The van der Waals surface area contributed by atoms with Crippen LogP contribution in [0.4, 0.5) is 5.69 Å². The largest absolute Gasteiger partial charge is 0.383 e. The SMILES string of the molecule is Cc1ccc(NCC2(N)CCOCC2)cc1. The van der Waals surface area contributed by atoms with Crippen molar-refractivity contribution in [2.75, 3.05) is 25.1 Å². The summed E-state index contributed by atoms with van der Waals surface area (Å²) in [6.07, 6.45) is 1.87. The molecule has 0 unspecified atom stereocenters. The summed E-state index contributed by atoms with van der Waals surface area (Å²) in [5, 5.41) is 3.40. The van der Waals surface area contributed by atoms with Gasteiger partial charge in [0.25, 0.3) is 0 Å². The first kappa shape index (κ1) is 11.4. The molecule has 1 heterocycles. The molecular formula is C13H20N2O. The van der Waals surface area contributed by atoms with E-state index < -0.39 is 0 Å². The third-order valence-electron chi connectivity index (χ3n) is 3.18. The summed E-state index contributed by atoms with van der Waals surface area (Å²) in [7, 11) is 0. The van der Waals surface area contributed by atoms with Crippen molar-refractivity contribution >= 4 is 5.69 Å². The van der Waals surface area contributed by atoms with Crippen LogP contribution in [0.5, 0.6) is 0 Å². The molecule has 1 fully saturated rings. The number of nitrogens with one attached hydrogen (secondary N) is 1. The first-order valence-corrected chi connectivity index (χ1v) is 5.85. The zero-order valence-electron chi connectivity index (χ0n) is 9.83. The van der Waals surface area contributed by atoms with Gasteiger partial charge in [0, 0.05) is 31.0 Å². The van der Waals surface area contributed by atoms with Crippen molar-refractivity contribution in [3.63, 3.8) is 0 Å². The zero-order valence-corrected chi connectivity index (χ0v) is 9.83. The molecule has 1 aliphatic rings. The summed E-state index contributed by atoms with van der Waals surface area (Å²) < 4.78 is 5.32. The van der Waals surface area contributed by atoms with Gasteiger partial charge in [0.1, 0.15) is 0 Å². The molecule has 0 bridgehead atoms. The van der Waals surface area contributed by atoms with Crippen molar-refractivity contribution in [3.8, 4) is 0 Å². The highest BCUT2D eigenvalue weighted by Gasteiger charge is 2.27. The normalized spacial score (nSPS) is 19.4. The maximum absolute atomic E-state index is 6.29. The minimum atomic E-state index is -0.108. The van der Waals surface area contributed by atoms with Gasteiger partial charge >= 0.3 is 0 Å². The number of ether oxygens (including phenoxy) is 1. The van der Waals surface area contributed by atoms with Crippen molar-refractivity contribution in [1.82, 2.24) is 0 Å². The van der Waals surface area contributed by atoms with Gasteiger partial charge in [-0.05, 0) is 31.9 Å². The van der Waals surface area contributed by atoms with Gasteiger partial charge in [-0.3, -0.25) is 0 Å². The Hall–Kier alpha value is -1.06. The van der Waals surface area contributed by atoms with Crippen LogP contribution in [0, 0.1) is 6.92 Å². The van der Waals surface area contributed by atoms with E-state index in [1.165, 1.54) is 5.56 Å². The van der Waals surface area contributed by atoms with E-state index in [2.05, 4.69) is 36.5 Å². The topological polar surface area (TPSA) is 47.3 Å². The van der Waals surface area contributed by atoms with Crippen LogP contribution >= 0.6 is 0 Å². The minimum absolute atomic E-state index is 0.108. The van der Waals surface area contributed by atoms with Crippen LogP contribution in [0.3, 0.4) is 0 Å². The van der Waals surface area contributed by atoms with Crippen LogP contribution in [0.25, 0.3) is 0 Å². The number of aryl methyl sites for hydroxylation is 1. The molecule has 1 aromatic carbocycles. The highest BCUT2D eigenvalue weighted by atomic mass is 16.5. The second-order valence-electron chi connectivity index (χ2n) is 4.69. The monoisotopic (exact) mass is 220 g/mol.